The van der Waals surface area contributed by atoms with E-state index >= 15 is 0 Å². The molecule has 4 nitrogen and oxygen atoms in total. The van der Waals surface area contributed by atoms with Crippen LogP contribution in [-0.4, -0.2) is 23.2 Å². The molecule has 0 spiro atoms. The number of carboxylic acid groups (broad SMARTS) is 1. The van der Waals surface area contributed by atoms with Gasteiger partial charge in [0.1, 0.15) is 0 Å². The van der Waals surface area contributed by atoms with E-state index in [9.17, 15) is 22.8 Å². The molecule has 138 valence electrons. The quantitative estimate of drug-likeness (QED) is 0.806. The lowest BCUT2D eigenvalue weighted by molar-refractivity contribution is -0.186. The Balaban J connectivity index is 2.04. The number of benzene rings is 1. The van der Waals surface area contributed by atoms with Crippen LogP contribution in [-0.2, 0) is 9.59 Å². The average Bonchev–Trinajstić information content (AvgIpc) is 2.58. The fraction of sp³-hybridized carbons (Fsp3) is 0.556. The Morgan fingerprint density at radius 2 is 1.88 bits per heavy atom. The van der Waals surface area contributed by atoms with E-state index in [1.54, 1.807) is 30.3 Å². The van der Waals surface area contributed by atoms with Crippen molar-refractivity contribution in [2.45, 2.75) is 50.7 Å². The average molecular weight is 357 g/mol. The molecule has 25 heavy (non-hydrogen) atoms. The van der Waals surface area contributed by atoms with Crippen LogP contribution in [0.3, 0.4) is 0 Å². The normalized spacial score (nSPS) is 22.2. The van der Waals surface area contributed by atoms with Crippen LogP contribution in [0, 0.1) is 11.8 Å². The Labute approximate surface area is 144 Å². The molecule has 1 aliphatic rings. The number of carbonyl (C=O) groups is 2. The van der Waals surface area contributed by atoms with Crippen LogP contribution < -0.4 is 5.32 Å². The van der Waals surface area contributed by atoms with Gasteiger partial charge in [-0.2, -0.15) is 13.2 Å². The predicted octanol–water partition coefficient (Wildman–Crippen LogP) is 4.08. The number of carbonyl (C=O) groups excluding carboxylic acids is 1. The van der Waals surface area contributed by atoms with Crippen molar-refractivity contribution in [3.8, 4) is 0 Å². The number of hydrogen-bond acceptors (Lipinski definition) is 2. The summed E-state index contributed by atoms with van der Waals surface area (Å²) in [5, 5.41) is 11.6. The molecule has 2 rings (SSSR count). The van der Waals surface area contributed by atoms with Gasteiger partial charge in [-0.1, -0.05) is 36.8 Å². The van der Waals surface area contributed by atoms with Crippen LogP contribution in [0.1, 0.15) is 50.1 Å². The van der Waals surface area contributed by atoms with E-state index in [1.165, 1.54) is 0 Å². The van der Waals surface area contributed by atoms with Gasteiger partial charge in [-0.05, 0) is 31.2 Å². The Hall–Kier alpha value is -2.05. The second-order valence-corrected chi connectivity index (χ2v) is 6.51. The van der Waals surface area contributed by atoms with Gasteiger partial charge >= 0.3 is 12.1 Å². The van der Waals surface area contributed by atoms with Gasteiger partial charge in [0, 0.05) is 12.3 Å². The van der Waals surface area contributed by atoms with E-state index in [4.69, 9.17) is 5.11 Å². The van der Waals surface area contributed by atoms with Crippen LogP contribution in [0.4, 0.5) is 13.2 Å². The predicted molar refractivity (Wildman–Crippen MR) is 85.7 cm³/mol. The van der Waals surface area contributed by atoms with E-state index in [-0.39, 0.29) is 25.7 Å². The summed E-state index contributed by atoms with van der Waals surface area (Å²) in [4.78, 5) is 23.3. The van der Waals surface area contributed by atoms with Gasteiger partial charge in [0.2, 0.25) is 5.91 Å². The van der Waals surface area contributed by atoms with E-state index in [0.717, 1.165) is 5.56 Å². The molecule has 3 atom stereocenters. The maximum absolute atomic E-state index is 12.9. The van der Waals surface area contributed by atoms with Crippen molar-refractivity contribution in [1.29, 1.82) is 0 Å². The first-order valence-electron chi connectivity index (χ1n) is 8.41. The molecule has 1 fully saturated rings. The van der Waals surface area contributed by atoms with Crippen LogP contribution in [0.15, 0.2) is 30.3 Å². The van der Waals surface area contributed by atoms with Gasteiger partial charge in [-0.15, -0.1) is 0 Å². The molecule has 2 N–H and O–H groups in total. The minimum Gasteiger partial charge on any atom is -0.481 e. The number of rotatable bonds is 6. The lowest BCUT2D eigenvalue weighted by atomic mass is 9.80. The van der Waals surface area contributed by atoms with E-state index < -0.39 is 35.9 Å². The first-order valence-corrected chi connectivity index (χ1v) is 8.41. The lowest BCUT2D eigenvalue weighted by Gasteiger charge is -2.31. The smallest absolute Gasteiger partial charge is 0.391 e. The molecule has 0 bridgehead atoms. The van der Waals surface area contributed by atoms with Crippen molar-refractivity contribution < 1.29 is 27.9 Å². The summed E-state index contributed by atoms with van der Waals surface area (Å²) in [5.41, 5.74) is 0.750. The second-order valence-electron chi connectivity index (χ2n) is 6.51. The number of alkyl halides is 3. The fourth-order valence-electron chi connectivity index (χ4n) is 3.29. The molecule has 1 amide bonds. The van der Waals surface area contributed by atoms with Gasteiger partial charge in [-0.25, -0.2) is 0 Å². The summed E-state index contributed by atoms with van der Waals surface area (Å²) >= 11 is 0. The van der Waals surface area contributed by atoms with Crippen molar-refractivity contribution >= 4 is 11.9 Å². The van der Waals surface area contributed by atoms with Crippen molar-refractivity contribution in [3.05, 3.63) is 35.9 Å². The van der Waals surface area contributed by atoms with Gasteiger partial charge in [-0.3, -0.25) is 9.59 Å². The van der Waals surface area contributed by atoms with E-state index in [0.29, 0.717) is 12.8 Å². The highest BCUT2D eigenvalue weighted by atomic mass is 19.4. The maximum Gasteiger partial charge on any atom is 0.391 e. The number of nitrogens with one attached hydrogen (secondary N) is 1. The highest BCUT2D eigenvalue weighted by Gasteiger charge is 2.43. The number of aliphatic carboxylic acids is 1. The summed E-state index contributed by atoms with van der Waals surface area (Å²) in [6, 6.07) is 8.37. The van der Waals surface area contributed by atoms with Crippen molar-refractivity contribution in [2.24, 2.45) is 11.8 Å². The van der Waals surface area contributed by atoms with Crippen LogP contribution in [0.25, 0.3) is 0 Å². The van der Waals surface area contributed by atoms with Gasteiger partial charge in [0.15, 0.2) is 0 Å². The van der Waals surface area contributed by atoms with Gasteiger partial charge in [0.25, 0.3) is 0 Å². The van der Waals surface area contributed by atoms with Crippen LogP contribution >= 0.6 is 0 Å². The zero-order valence-electron chi connectivity index (χ0n) is 13.8. The molecule has 1 aromatic rings. The molecule has 0 aliphatic heterocycles. The number of carboxylic acids is 1. The Morgan fingerprint density at radius 3 is 2.48 bits per heavy atom. The minimum atomic E-state index is -4.28. The molecular formula is C18H22F3NO3. The molecule has 0 radical (unpaired) electrons. The van der Waals surface area contributed by atoms with Crippen LogP contribution in [0.5, 0.6) is 0 Å². The molecule has 1 saturated carbocycles. The zero-order valence-corrected chi connectivity index (χ0v) is 13.8. The minimum absolute atomic E-state index is 0.0639. The Bertz CT molecular complexity index is 589. The monoisotopic (exact) mass is 357 g/mol. The largest absolute Gasteiger partial charge is 0.481 e. The highest BCUT2D eigenvalue weighted by Crippen LogP contribution is 2.40. The van der Waals surface area contributed by atoms with Gasteiger partial charge < -0.3 is 10.4 Å². The first kappa shape index (κ1) is 19.3. The van der Waals surface area contributed by atoms with Gasteiger partial charge in [0.05, 0.1) is 12.0 Å². The number of hydrogen-bond donors (Lipinski definition) is 2. The first-order chi connectivity index (χ1) is 11.8. The molecule has 7 heteroatoms. The van der Waals surface area contributed by atoms with E-state index in [2.05, 4.69) is 5.32 Å². The summed E-state index contributed by atoms with van der Waals surface area (Å²) in [7, 11) is 0. The molecule has 1 aromatic carbocycles. The second kappa shape index (κ2) is 8.36. The standard InChI is InChI=1S/C18H22F3NO3/c19-18(20,21)14-8-4-7-13(11-14)17(25)22-15(9-10-16(23)24)12-5-2-1-3-6-12/h1-3,5-6,13-15H,4,7-11H2,(H,22,25)(H,23,24). The van der Waals surface area contributed by atoms with Crippen molar-refractivity contribution in [1.82, 2.24) is 5.32 Å². The SMILES string of the molecule is O=C(O)CCC(NC(=O)C1CCCC(C(F)(F)F)C1)c1ccccc1. The maximum atomic E-state index is 12.9. The summed E-state index contributed by atoms with van der Waals surface area (Å²) in [5.74, 6) is -3.53. The number of amides is 1. The molecule has 0 saturated heterocycles. The molecule has 0 heterocycles. The lowest BCUT2D eigenvalue weighted by Crippen LogP contribution is -2.39. The molecule has 0 aromatic heterocycles. The Kier molecular flexibility index (Phi) is 6.45. The molecule has 3 unspecified atom stereocenters. The molecule has 1 aliphatic carbocycles. The number of halogens is 3. The van der Waals surface area contributed by atoms with Crippen LogP contribution in [0.2, 0.25) is 0 Å². The molecular weight excluding hydrogens is 335 g/mol. The summed E-state index contributed by atoms with van der Waals surface area (Å²) in [6.07, 6.45) is -3.55. The van der Waals surface area contributed by atoms with E-state index in [1.807, 2.05) is 0 Å². The Morgan fingerprint density at radius 1 is 1.20 bits per heavy atom. The van der Waals surface area contributed by atoms with Crippen molar-refractivity contribution in [3.63, 3.8) is 0 Å². The fourth-order valence-corrected chi connectivity index (χ4v) is 3.29. The zero-order chi connectivity index (χ0) is 18.4. The third kappa shape index (κ3) is 5.76. The summed E-state index contributed by atoms with van der Waals surface area (Å²) < 4.78 is 38.8. The third-order valence-corrected chi connectivity index (χ3v) is 4.67. The topological polar surface area (TPSA) is 66.4 Å². The third-order valence-electron chi connectivity index (χ3n) is 4.67. The van der Waals surface area contributed by atoms with Crippen molar-refractivity contribution in [2.75, 3.05) is 0 Å². The summed E-state index contributed by atoms with van der Waals surface area (Å²) in [6.45, 7) is 0. The highest BCUT2D eigenvalue weighted by molar-refractivity contribution is 5.79.